The summed E-state index contributed by atoms with van der Waals surface area (Å²) in [5, 5.41) is 4.18. The maximum absolute atomic E-state index is 13.2. The van der Waals surface area contributed by atoms with E-state index < -0.39 is 0 Å². The van der Waals surface area contributed by atoms with Gasteiger partial charge in [0.05, 0.1) is 33.5 Å². The van der Waals surface area contributed by atoms with Gasteiger partial charge in [-0.2, -0.15) is 0 Å². The molecule has 0 unspecified atom stereocenters. The molecule has 108 valence electrons. The second kappa shape index (κ2) is 5.35. The molecule has 1 N–H and O–H groups in total. The number of aromatic nitrogens is 2. The third-order valence-corrected chi connectivity index (χ3v) is 4.31. The lowest BCUT2D eigenvalue weighted by atomic mass is 10.2. The van der Waals surface area contributed by atoms with Crippen LogP contribution in [0.15, 0.2) is 54.0 Å². The Labute approximate surface area is 130 Å². The minimum Gasteiger partial charge on any atom is -0.379 e. The van der Waals surface area contributed by atoms with Crippen LogP contribution >= 0.6 is 11.3 Å². The van der Waals surface area contributed by atoms with Crippen molar-refractivity contribution in [1.82, 2.24) is 9.97 Å². The average molecular weight is 309 g/mol. The minimum absolute atomic E-state index is 0.238. The zero-order valence-corrected chi connectivity index (χ0v) is 12.4. The summed E-state index contributed by atoms with van der Waals surface area (Å²) in [5.41, 5.74) is 5.62. The zero-order chi connectivity index (χ0) is 14.9. The molecule has 0 spiro atoms. The fourth-order valence-corrected chi connectivity index (χ4v) is 3.11. The molecule has 2 heterocycles. The van der Waals surface area contributed by atoms with Crippen molar-refractivity contribution >= 4 is 38.1 Å². The number of pyridine rings is 1. The standard InChI is InChI=1S/C17H12FN3S/c18-12-2-5-15-11(7-12)1-3-14(21-15)9-19-13-4-6-16-17(8-13)22-10-20-16/h1-8,10,19H,9H2. The van der Waals surface area contributed by atoms with E-state index in [1.807, 2.05) is 29.8 Å². The first-order valence-electron chi connectivity index (χ1n) is 6.90. The summed E-state index contributed by atoms with van der Waals surface area (Å²) < 4.78 is 14.3. The fraction of sp³-hybridized carbons (Fsp3) is 0.0588. The molecule has 0 saturated heterocycles. The maximum atomic E-state index is 13.2. The molecule has 2 aromatic heterocycles. The number of benzene rings is 2. The highest BCUT2D eigenvalue weighted by molar-refractivity contribution is 7.16. The highest BCUT2D eigenvalue weighted by Crippen LogP contribution is 2.22. The second-order valence-corrected chi connectivity index (χ2v) is 5.91. The number of nitrogens with one attached hydrogen (secondary N) is 1. The molecule has 0 saturated carbocycles. The average Bonchev–Trinajstić information content (AvgIpc) is 3.00. The fourth-order valence-electron chi connectivity index (χ4n) is 2.39. The van der Waals surface area contributed by atoms with Crippen LogP contribution in [0.2, 0.25) is 0 Å². The zero-order valence-electron chi connectivity index (χ0n) is 11.6. The van der Waals surface area contributed by atoms with Gasteiger partial charge >= 0.3 is 0 Å². The van der Waals surface area contributed by atoms with Crippen LogP contribution in [0, 0.1) is 5.82 Å². The number of anilines is 1. The van der Waals surface area contributed by atoms with E-state index in [9.17, 15) is 4.39 Å². The van der Waals surface area contributed by atoms with E-state index in [1.165, 1.54) is 12.1 Å². The lowest BCUT2D eigenvalue weighted by Gasteiger charge is -2.07. The number of hydrogen-bond donors (Lipinski definition) is 1. The lowest BCUT2D eigenvalue weighted by molar-refractivity contribution is 0.629. The van der Waals surface area contributed by atoms with E-state index in [1.54, 1.807) is 17.4 Å². The Morgan fingerprint density at radius 3 is 2.86 bits per heavy atom. The van der Waals surface area contributed by atoms with Crippen LogP contribution < -0.4 is 5.32 Å². The topological polar surface area (TPSA) is 37.8 Å². The van der Waals surface area contributed by atoms with E-state index in [0.717, 1.165) is 32.5 Å². The summed E-state index contributed by atoms with van der Waals surface area (Å²) in [6.45, 7) is 0.623. The summed E-state index contributed by atoms with van der Waals surface area (Å²) in [6.07, 6.45) is 0. The van der Waals surface area contributed by atoms with Gasteiger partial charge in [-0.05, 0) is 42.5 Å². The van der Waals surface area contributed by atoms with Gasteiger partial charge < -0.3 is 5.32 Å². The normalized spacial score (nSPS) is 11.1. The van der Waals surface area contributed by atoms with Crippen LogP contribution in [0.3, 0.4) is 0 Å². The maximum Gasteiger partial charge on any atom is 0.123 e. The predicted octanol–water partition coefficient (Wildman–Crippen LogP) is 4.60. The van der Waals surface area contributed by atoms with Crippen molar-refractivity contribution in [3.05, 3.63) is 65.6 Å². The number of rotatable bonds is 3. The quantitative estimate of drug-likeness (QED) is 0.601. The molecule has 3 nitrogen and oxygen atoms in total. The van der Waals surface area contributed by atoms with Crippen molar-refractivity contribution in [3.8, 4) is 0 Å². The van der Waals surface area contributed by atoms with Crippen molar-refractivity contribution in [3.63, 3.8) is 0 Å². The van der Waals surface area contributed by atoms with Gasteiger partial charge in [-0.3, -0.25) is 4.98 Å². The molecule has 0 radical (unpaired) electrons. The van der Waals surface area contributed by atoms with Gasteiger partial charge in [0, 0.05) is 11.1 Å². The highest BCUT2D eigenvalue weighted by Gasteiger charge is 2.02. The van der Waals surface area contributed by atoms with Gasteiger partial charge in [0.15, 0.2) is 0 Å². The van der Waals surface area contributed by atoms with Crippen LogP contribution in [0.25, 0.3) is 21.1 Å². The van der Waals surface area contributed by atoms with Gasteiger partial charge in [0.1, 0.15) is 5.82 Å². The first-order chi connectivity index (χ1) is 10.8. The monoisotopic (exact) mass is 309 g/mol. The molecular formula is C17H12FN3S. The first-order valence-corrected chi connectivity index (χ1v) is 7.78. The summed E-state index contributed by atoms with van der Waals surface area (Å²) >= 11 is 1.62. The van der Waals surface area contributed by atoms with Crippen LogP contribution in [-0.4, -0.2) is 9.97 Å². The van der Waals surface area contributed by atoms with E-state index in [0.29, 0.717) is 6.54 Å². The van der Waals surface area contributed by atoms with Gasteiger partial charge in [-0.15, -0.1) is 11.3 Å². The minimum atomic E-state index is -0.238. The molecule has 0 aliphatic carbocycles. The molecule has 0 aliphatic rings. The number of hydrogen-bond acceptors (Lipinski definition) is 4. The van der Waals surface area contributed by atoms with Crippen molar-refractivity contribution in [2.24, 2.45) is 0 Å². The van der Waals surface area contributed by atoms with Crippen LogP contribution in [0.4, 0.5) is 10.1 Å². The molecule has 2 aromatic carbocycles. The molecule has 0 amide bonds. The van der Waals surface area contributed by atoms with Crippen LogP contribution in [-0.2, 0) is 6.54 Å². The van der Waals surface area contributed by atoms with E-state index >= 15 is 0 Å². The highest BCUT2D eigenvalue weighted by atomic mass is 32.1. The molecular weight excluding hydrogens is 297 g/mol. The van der Waals surface area contributed by atoms with Crippen molar-refractivity contribution in [2.45, 2.75) is 6.54 Å². The summed E-state index contributed by atoms with van der Waals surface area (Å²) in [7, 11) is 0. The van der Waals surface area contributed by atoms with Crippen molar-refractivity contribution in [2.75, 3.05) is 5.32 Å². The Kier molecular flexibility index (Phi) is 3.20. The summed E-state index contributed by atoms with van der Waals surface area (Å²) in [6, 6.07) is 14.6. The third-order valence-electron chi connectivity index (χ3n) is 3.51. The van der Waals surface area contributed by atoms with Gasteiger partial charge in [0.25, 0.3) is 0 Å². The van der Waals surface area contributed by atoms with E-state index in [2.05, 4.69) is 21.4 Å². The Morgan fingerprint density at radius 1 is 1.00 bits per heavy atom. The van der Waals surface area contributed by atoms with Crippen LogP contribution in [0.1, 0.15) is 5.69 Å². The first kappa shape index (κ1) is 13.2. The molecule has 4 aromatic rings. The molecule has 4 rings (SSSR count). The largest absolute Gasteiger partial charge is 0.379 e. The number of nitrogens with zero attached hydrogens (tertiary/aromatic N) is 2. The molecule has 5 heteroatoms. The van der Waals surface area contributed by atoms with Gasteiger partial charge in [-0.1, -0.05) is 6.07 Å². The van der Waals surface area contributed by atoms with Crippen LogP contribution in [0.5, 0.6) is 0 Å². The smallest absolute Gasteiger partial charge is 0.123 e. The summed E-state index contributed by atoms with van der Waals surface area (Å²) in [5.74, 6) is -0.238. The van der Waals surface area contributed by atoms with E-state index in [4.69, 9.17) is 0 Å². The Hall–Kier alpha value is -2.53. The molecule has 0 bridgehead atoms. The number of fused-ring (bicyclic) bond motifs is 2. The number of thiazole rings is 1. The Bertz CT molecular complexity index is 964. The molecule has 0 atom stereocenters. The Balaban J connectivity index is 1.56. The van der Waals surface area contributed by atoms with Gasteiger partial charge in [0.2, 0.25) is 0 Å². The van der Waals surface area contributed by atoms with E-state index in [-0.39, 0.29) is 5.82 Å². The molecule has 0 aliphatic heterocycles. The SMILES string of the molecule is Fc1ccc2nc(CNc3ccc4ncsc4c3)ccc2c1. The lowest BCUT2D eigenvalue weighted by Crippen LogP contribution is -2.01. The second-order valence-electron chi connectivity index (χ2n) is 5.03. The van der Waals surface area contributed by atoms with Gasteiger partial charge in [-0.25, -0.2) is 9.37 Å². The predicted molar refractivity (Wildman–Crippen MR) is 88.6 cm³/mol. The van der Waals surface area contributed by atoms with Crippen molar-refractivity contribution in [1.29, 1.82) is 0 Å². The molecule has 22 heavy (non-hydrogen) atoms. The Morgan fingerprint density at radius 2 is 1.91 bits per heavy atom. The third kappa shape index (κ3) is 2.51. The summed E-state index contributed by atoms with van der Waals surface area (Å²) in [4.78, 5) is 8.81. The van der Waals surface area contributed by atoms with Crippen molar-refractivity contribution < 1.29 is 4.39 Å². The number of halogens is 1. The molecule has 0 fully saturated rings.